The molecule has 3 rings (SSSR count). The molecule has 0 amide bonds. The molecule has 2 N–H and O–H groups in total. The number of guanidine groups is 1. The molecule has 1 aliphatic carbocycles. The van der Waals surface area contributed by atoms with Gasteiger partial charge in [-0.25, -0.2) is 4.99 Å². The molecule has 1 aromatic carbocycles. The molecule has 0 saturated heterocycles. The Kier molecular flexibility index (Phi) is 6.92. The van der Waals surface area contributed by atoms with Crippen LogP contribution < -0.4 is 15.4 Å². The maximum absolute atomic E-state index is 6.12. The van der Waals surface area contributed by atoms with Crippen molar-refractivity contribution in [1.29, 1.82) is 0 Å². The Balaban J connectivity index is 1.55. The largest absolute Gasteiger partial charge is 0.490 e. The third kappa shape index (κ3) is 5.60. The molecule has 0 spiro atoms. The molecule has 2 aromatic rings. The topological polar surface area (TPSA) is 76.4 Å². The number of aliphatic imine (C=N–C) groups is 1. The summed E-state index contributed by atoms with van der Waals surface area (Å²) in [5, 5.41) is 15.7. The van der Waals surface area contributed by atoms with E-state index in [1.807, 2.05) is 42.8 Å². The third-order valence-corrected chi connectivity index (χ3v) is 5.06. The first-order chi connectivity index (χ1) is 13.1. The number of rotatable bonds is 7. The van der Waals surface area contributed by atoms with Crippen LogP contribution in [0.4, 0.5) is 0 Å². The fourth-order valence-corrected chi connectivity index (χ4v) is 3.24. The minimum absolute atomic E-state index is 0.474. The third-order valence-electron chi connectivity index (χ3n) is 4.75. The van der Waals surface area contributed by atoms with Crippen LogP contribution in [0.15, 0.2) is 29.3 Å². The number of benzene rings is 1. The van der Waals surface area contributed by atoms with Crippen molar-refractivity contribution >= 4 is 17.6 Å². The van der Waals surface area contributed by atoms with Crippen LogP contribution in [0.2, 0.25) is 5.02 Å². The number of para-hydroxylation sites is 1. The smallest absolute Gasteiger partial charge is 0.192 e. The zero-order valence-electron chi connectivity index (χ0n) is 15.9. The van der Waals surface area contributed by atoms with E-state index in [4.69, 9.17) is 16.3 Å². The summed E-state index contributed by atoms with van der Waals surface area (Å²) in [5.74, 6) is 3.20. The summed E-state index contributed by atoms with van der Waals surface area (Å²) in [6.45, 7) is 3.53. The molecular formula is C19H27ClN6O. The second-order valence-corrected chi connectivity index (χ2v) is 7.13. The average Bonchev–Trinajstić information content (AvgIpc) is 3.29. The number of nitrogens with zero attached hydrogens (tertiary/aromatic N) is 4. The molecule has 0 atom stereocenters. The second-order valence-electron chi connectivity index (χ2n) is 6.72. The van der Waals surface area contributed by atoms with E-state index in [-0.39, 0.29) is 0 Å². The SMILES string of the molecule is Cc1nnc(CN=C(NCCOc2ccccc2Cl)NC2CCCC2)n1C. The number of aryl methyl sites for hydroxylation is 1. The average molecular weight is 391 g/mol. The van der Waals surface area contributed by atoms with Gasteiger partial charge in [0, 0.05) is 13.1 Å². The molecule has 8 heteroatoms. The summed E-state index contributed by atoms with van der Waals surface area (Å²) in [5.41, 5.74) is 0. The van der Waals surface area contributed by atoms with Gasteiger partial charge in [0.1, 0.15) is 24.7 Å². The molecule has 0 radical (unpaired) electrons. The molecule has 1 fully saturated rings. The van der Waals surface area contributed by atoms with Gasteiger partial charge in [0.25, 0.3) is 0 Å². The predicted molar refractivity (Wildman–Crippen MR) is 107 cm³/mol. The van der Waals surface area contributed by atoms with Crippen molar-refractivity contribution < 1.29 is 4.74 Å². The quantitative estimate of drug-likeness (QED) is 0.432. The second kappa shape index (κ2) is 9.60. The van der Waals surface area contributed by atoms with Gasteiger partial charge in [-0.2, -0.15) is 0 Å². The molecular weight excluding hydrogens is 364 g/mol. The van der Waals surface area contributed by atoms with Gasteiger partial charge in [0.15, 0.2) is 11.8 Å². The lowest BCUT2D eigenvalue weighted by Crippen LogP contribution is -2.43. The molecule has 7 nitrogen and oxygen atoms in total. The van der Waals surface area contributed by atoms with E-state index in [9.17, 15) is 0 Å². The highest BCUT2D eigenvalue weighted by Gasteiger charge is 2.16. The van der Waals surface area contributed by atoms with Gasteiger partial charge < -0.3 is 19.9 Å². The lowest BCUT2D eigenvalue weighted by Gasteiger charge is -2.17. The molecule has 1 heterocycles. The molecule has 0 aliphatic heterocycles. The summed E-state index contributed by atoms with van der Waals surface area (Å²) >= 11 is 6.12. The van der Waals surface area contributed by atoms with Crippen LogP contribution >= 0.6 is 11.6 Å². The highest BCUT2D eigenvalue weighted by molar-refractivity contribution is 6.32. The normalized spacial score (nSPS) is 15.1. The van der Waals surface area contributed by atoms with E-state index in [0.717, 1.165) is 17.6 Å². The van der Waals surface area contributed by atoms with Crippen LogP contribution in [-0.2, 0) is 13.6 Å². The first-order valence-electron chi connectivity index (χ1n) is 9.40. The number of nitrogens with one attached hydrogen (secondary N) is 2. The maximum Gasteiger partial charge on any atom is 0.192 e. The standard InChI is InChI=1S/C19H27ClN6O/c1-14-24-25-18(26(14)2)13-22-19(23-15-7-3-4-8-15)21-11-12-27-17-10-6-5-9-16(17)20/h5-6,9-10,15H,3-4,7-8,11-13H2,1-2H3,(H2,21,22,23). The lowest BCUT2D eigenvalue weighted by atomic mass is 10.2. The summed E-state index contributed by atoms with van der Waals surface area (Å²) < 4.78 is 7.69. The van der Waals surface area contributed by atoms with Gasteiger partial charge in [0.2, 0.25) is 0 Å². The van der Waals surface area contributed by atoms with Gasteiger partial charge in [-0.1, -0.05) is 36.6 Å². The predicted octanol–water partition coefficient (Wildman–Crippen LogP) is 2.83. The number of hydrogen-bond acceptors (Lipinski definition) is 4. The van der Waals surface area contributed by atoms with Gasteiger partial charge >= 0.3 is 0 Å². The van der Waals surface area contributed by atoms with Gasteiger partial charge in [-0.05, 0) is 31.9 Å². The molecule has 0 bridgehead atoms. The van der Waals surface area contributed by atoms with Crippen molar-refractivity contribution in [3.05, 3.63) is 40.9 Å². The van der Waals surface area contributed by atoms with E-state index in [1.165, 1.54) is 25.7 Å². The van der Waals surface area contributed by atoms with Crippen LogP contribution in [0.25, 0.3) is 0 Å². The lowest BCUT2D eigenvalue weighted by molar-refractivity contribution is 0.322. The zero-order valence-corrected chi connectivity index (χ0v) is 16.7. The highest BCUT2D eigenvalue weighted by Crippen LogP contribution is 2.22. The first kappa shape index (κ1) is 19.5. The number of halogens is 1. The van der Waals surface area contributed by atoms with Crippen LogP contribution in [0.3, 0.4) is 0 Å². The van der Waals surface area contributed by atoms with Crippen LogP contribution in [-0.4, -0.2) is 39.9 Å². The van der Waals surface area contributed by atoms with Crippen molar-refractivity contribution in [2.45, 2.75) is 45.2 Å². The number of ether oxygens (including phenoxy) is 1. The van der Waals surface area contributed by atoms with Crippen molar-refractivity contribution in [3.63, 3.8) is 0 Å². The molecule has 146 valence electrons. The van der Waals surface area contributed by atoms with Crippen LogP contribution in [0.5, 0.6) is 5.75 Å². The molecule has 1 saturated carbocycles. The van der Waals surface area contributed by atoms with E-state index >= 15 is 0 Å². The highest BCUT2D eigenvalue weighted by atomic mass is 35.5. The number of hydrogen-bond donors (Lipinski definition) is 2. The van der Waals surface area contributed by atoms with E-state index < -0.39 is 0 Å². The summed E-state index contributed by atoms with van der Waals surface area (Å²) in [4.78, 5) is 4.68. The van der Waals surface area contributed by atoms with Crippen molar-refractivity contribution in [1.82, 2.24) is 25.4 Å². The van der Waals surface area contributed by atoms with Crippen molar-refractivity contribution in [3.8, 4) is 5.75 Å². The van der Waals surface area contributed by atoms with Gasteiger partial charge in [-0.3, -0.25) is 0 Å². The Bertz CT molecular complexity index is 769. The molecule has 1 aliphatic rings. The zero-order chi connectivity index (χ0) is 19.1. The maximum atomic E-state index is 6.12. The Morgan fingerprint density at radius 3 is 2.78 bits per heavy atom. The molecule has 0 unspecified atom stereocenters. The summed E-state index contributed by atoms with van der Waals surface area (Å²) in [6, 6.07) is 7.96. The van der Waals surface area contributed by atoms with Crippen LogP contribution in [0.1, 0.15) is 37.3 Å². The Morgan fingerprint density at radius 2 is 2.07 bits per heavy atom. The fourth-order valence-electron chi connectivity index (χ4n) is 3.05. The Hall–Kier alpha value is -2.28. The minimum atomic E-state index is 0.474. The van der Waals surface area contributed by atoms with Crippen LogP contribution in [0, 0.1) is 6.92 Å². The molecule has 27 heavy (non-hydrogen) atoms. The van der Waals surface area contributed by atoms with E-state index in [1.54, 1.807) is 0 Å². The number of aromatic nitrogens is 3. The van der Waals surface area contributed by atoms with Gasteiger partial charge in [0.05, 0.1) is 11.6 Å². The van der Waals surface area contributed by atoms with E-state index in [2.05, 4.69) is 25.8 Å². The first-order valence-corrected chi connectivity index (χ1v) is 9.78. The van der Waals surface area contributed by atoms with Gasteiger partial charge in [-0.15, -0.1) is 10.2 Å². The Morgan fingerprint density at radius 1 is 1.30 bits per heavy atom. The molecule has 1 aromatic heterocycles. The fraction of sp³-hybridized carbons (Fsp3) is 0.526. The summed E-state index contributed by atoms with van der Waals surface area (Å²) in [6.07, 6.45) is 4.89. The monoisotopic (exact) mass is 390 g/mol. The summed E-state index contributed by atoms with van der Waals surface area (Å²) in [7, 11) is 1.95. The van der Waals surface area contributed by atoms with Crippen molar-refractivity contribution in [2.24, 2.45) is 12.0 Å². The van der Waals surface area contributed by atoms with Crippen molar-refractivity contribution in [2.75, 3.05) is 13.2 Å². The van der Waals surface area contributed by atoms with E-state index in [0.29, 0.717) is 36.5 Å². The Labute approximate surface area is 165 Å². The minimum Gasteiger partial charge on any atom is -0.490 e.